The van der Waals surface area contributed by atoms with Crippen LogP contribution in [0.1, 0.15) is 19.2 Å². The first-order valence-electron chi connectivity index (χ1n) is 6.56. The summed E-state index contributed by atoms with van der Waals surface area (Å²) >= 11 is 0.997. The molecule has 1 aliphatic rings. The molecule has 2 heterocycles. The number of cyclic esters (lactones) is 1. The maximum Gasteiger partial charge on any atom is 0.451 e. The van der Waals surface area contributed by atoms with Gasteiger partial charge in [-0.05, 0) is 13.0 Å². The largest absolute Gasteiger partial charge is 0.462 e. The fraction of sp³-hybridized carbons (Fsp3) is 0.357. The molecule has 4 nitrogen and oxygen atoms in total. The second-order valence-electron chi connectivity index (χ2n) is 4.96. The zero-order valence-electron chi connectivity index (χ0n) is 11.4. The predicted molar refractivity (Wildman–Crippen MR) is 74.4 cm³/mol. The van der Waals surface area contributed by atoms with Crippen LogP contribution < -0.4 is 0 Å². The summed E-state index contributed by atoms with van der Waals surface area (Å²) in [5, 5.41) is 0.0937. The summed E-state index contributed by atoms with van der Waals surface area (Å²) in [6.45, 7) is 1.75. The number of thioether (sulfide) groups is 1. The number of hydrogen-bond acceptors (Lipinski definition) is 5. The molecule has 1 aromatic heterocycles. The first-order valence-corrected chi connectivity index (χ1v) is 7.43. The minimum atomic E-state index is -4.64. The molecule has 0 amide bonds. The molecule has 0 N–H and O–H groups in total. The van der Waals surface area contributed by atoms with Gasteiger partial charge in [0.15, 0.2) is 0 Å². The van der Waals surface area contributed by atoms with Crippen LogP contribution in [0.3, 0.4) is 0 Å². The Labute approximate surface area is 128 Å². The highest BCUT2D eigenvalue weighted by Gasteiger charge is 2.37. The Bertz CT molecular complexity index is 736. The van der Waals surface area contributed by atoms with Crippen molar-refractivity contribution in [2.24, 2.45) is 0 Å². The molecule has 116 valence electrons. The monoisotopic (exact) mass is 328 g/mol. The highest BCUT2D eigenvalue weighted by Crippen LogP contribution is 2.36. The van der Waals surface area contributed by atoms with Crippen LogP contribution in [0.15, 0.2) is 29.3 Å². The van der Waals surface area contributed by atoms with Crippen LogP contribution >= 0.6 is 11.8 Å². The Morgan fingerprint density at radius 2 is 2.00 bits per heavy atom. The number of esters is 1. The van der Waals surface area contributed by atoms with Crippen molar-refractivity contribution >= 4 is 28.6 Å². The molecule has 1 saturated heterocycles. The van der Waals surface area contributed by atoms with E-state index in [0.29, 0.717) is 11.8 Å². The quantitative estimate of drug-likeness (QED) is 0.624. The van der Waals surface area contributed by atoms with E-state index >= 15 is 0 Å². The number of aromatic nitrogens is 2. The molecule has 2 aromatic rings. The molecule has 2 atom stereocenters. The van der Waals surface area contributed by atoms with Crippen LogP contribution in [0, 0.1) is 0 Å². The zero-order valence-corrected chi connectivity index (χ0v) is 12.2. The average molecular weight is 328 g/mol. The molecule has 22 heavy (non-hydrogen) atoms. The van der Waals surface area contributed by atoms with E-state index in [1.807, 2.05) is 0 Å². The standard InChI is InChI=1S/C14H11F3N2O2S/c1-7-6-10(12(20)21-7)22-11-8-4-2-3-5-9(8)18-13(19-11)14(15,16)17/h2-5,7,10H,6H2,1H3/t7-,10+/m1/s1. The van der Waals surface area contributed by atoms with Crippen molar-refractivity contribution in [2.45, 2.75) is 35.9 Å². The van der Waals surface area contributed by atoms with Crippen LogP contribution in [0.2, 0.25) is 0 Å². The van der Waals surface area contributed by atoms with Crippen LogP contribution in [0.4, 0.5) is 13.2 Å². The summed E-state index contributed by atoms with van der Waals surface area (Å²) < 4.78 is 43.8. The number of alkyl halides is 3. The van der Waals surface area contributed by atoms with Crippen molar-refractivity contribution in [3.05, 3.63) is 30.1 Å². The Hall–Kier alpha value is -1.83. The zero-order chi connectivity index (χ0) is 15.9. The topological polar surface area (TPSA) is 52.1 Å². The van der Waals surface area contributed by atoms with Gasteiger partial charge in [0.25, 0.3) is 0 Å². The minimum absolute atomic E-state index is 0.147. The molecular formula is C14H11F3N2O2S. The SMILES string of the molecule is C[C@@H]1C[C@H](Sc2nc(C(F)(F)F)nc3ccccc23)C(=O)O1. The van der Waals surface area contributed by atoms with Crippen LogP contribution in [0.5, 0.6) is 0 Å². The minimum Gasteiger partial charge on any atom is -0.462 e. The van der Waals surface area contributed by atoms with Gasteiger partial charge in [-0.2, -0.15) is 13.2 Å². The summed E-state index contributed by atoms with van der Waals surface area (Å²) in [7, 11) is 0. The molecule has 3 rings (SSSR count). The third-order valence-electron chi connectivity index (χ3n) is 3.20. The highest BCUT2D eigenvalue weighted by atomic mass is 32.2. The molecular weight excluding hydrogens is 317 g/mol. The molecule has 0 saturated carbocycles. The molecule has 1 fully saturated rings. The van der Waals surface area contributed by atoms with Crippen molar-refractivity contribution in [3.63, 3.8) is 0 Å². The van der Waals surface area contributed by atoms with E-state index in [9.17, 15) is 18.0 Å². The highest BCUT2D eigenvalue weighted by molar-refractivity contribution is 8.00. The number of fused-ring (bicyclic) bond motifs is 1. The number of para-hydroxylation sites is 1. The second kappa shape index (κ2) is 5.42. The van der Waals surface area contributed by atoms with E-state index in [1.165, 1.54) is 6.07 Å². The Morgan fingerprint density at radius 3 is 2.64 bits per heavy atom. The first kappa shape index (κ1) is 15.1. The molecule has 0 radical (unpaired) electrons. The molecule has 0 spiro atoms. The van der Waals surface area contributed by atoms with Crippen molar-refractivity contribution < 1.29 is 22.7 Å². The van der Waals surface area contributed by atoms with Crippen LogP contribution in [0.25, 0.3) is 10.9 Å². The van der Waals surface area contributed by atoms with Gasteiger partial charge in [-0.25, -0.2) is 9.97 Å². The number of benzene rings is 1. The van der Waals surface area contributed by atoms with Crippen molar-refractivity contribution in [1.29, 1.82) is 0 Å². The van der Waals surface area contributed by atoms with Gasteiger partial charge in [0.05, 0.1) is 5.52 Å². The molecule has 0 bridgehead atoms. The fourth-order valence-corrected chi connectivity index (χ4v) is 3.44. The van der Waals surface area contributed by atoms with E-state index in [-0.39, 0.29) is 16.6 Å². The van der Waals surface area contributed by atoms with Gasteiger partial charge in [-0.3, -0.25) is 4.79 Å². The Morgan fingerprint density at radius 1 is 1.27 bits per heavy atom. The molecule has 0 unspecified atom stereocenters. The van der Waals surface area contributed by atoms with Crippen molar-refractivity contribution in [2.75, 3.05) is 0 Å². The number of carbonyl (C=O) groups is 1. The van der Waals surface area contributed by atoms with E-state index in [0.717, 1.165) is 11.8 Å². The lowest BCUT2D eigenvalue weighted by atomic mass is 10.2. The lowest BCUT2D eigenvalue weighted by molar-refractivity contribution is -0.145. The third-order valence-corrected chi connectivity index (χ3v) is 4.41. The second-order valence-corrected chi connectivity index (χ2v) is 6.15. The summed E-state index contributed by atoms with van der Waals surface area (Å²) in [5.41, 5.74) is 0.201. The Kier molecular flexibility index (Phi) is 3.72. The average Bonchev–Trinajstić information content (AvgIpc) is 2.76. The van der Waals surface area contributed by atoms with Gasteiger partial charge in [0.2, 0.25) is 5.82 Å². The first-order chi connectivity index (χ1) is 10.3. The number of hydrogen-bond donors (Lipinski definition) is 0. The summed E-state index contributed by atoms with van der Waals surface area (Å²) in [4.78, 5) is 18.9. The smallest absolute Gasteiger partial charge is 0.451 e. The number of nitrogens with zero attached hydrogens (tertiary/aromatic N) is 2. The lowest BCUT2D eigenvalue weighted by Gasteiger charge is -2.11. The van der Waals surface area contributed by atoms with Crippen LogP contribution in [-0.4, -0.2) is 27.3 Å². The fourth-order valence-electron chi connectivity index (χ4n) is 2.22. The van der Waals surface area contributed by atoms with Crippen molar-refractivity contribution in [1.82, 2.24) is 9.97 Å². The van der Waals surface area contributed by atoms with Crippen LogP contribution in [-0.2, 0) is 15.7 Å². The van der Waals surface area contributed by atoms with Gasteiger partial charge in [0.1, 0.15) is 16.4 Å². The number of carbonyl (C=O) groups excluding carboxylic acids is 1. The van der Waals surface area contributed by atoms with Gasteiger partial charge in [-0.1, -0.05) is 30.0 Å². The maximum absolute atomic E-state index is 12.9. The van der Waals surface area contributed by atoms with Gasteiger partial charge >= 0.3 is 12.1 Å². The van der Waals surface area contributed by atoms with E-state index in [4.69, 9.17) is 4.74 Å². The van der Waals surface area contributed by atoms with E-state index in [2.05, 4.69) is 9.97 Å². The van der Waals surface area contributed by atoms with Gasteiger partial charge < -0.3 is 4.74 Å². The molecule has 1 aliphatic heterocycles. The van der Waals surface area contributed by atoms with Crippen molar-refractivity contribution in [3.8, 4) is 0 Å². The lowest BCUT2D eigenvalue weighted by Crippen LogP contribution is -2.14. The molecule has 8 heteroatoms. The van der Waals surface area contributed by atoms with Gasteiger partial charge in [-0.15, -0.1) is 0 Å². The third kappa shape index (κ3) is 2.87. The van der Waals surface area contributed by atoms with E-state index < -0.39 is 23.2 Å². The molecule has 1 aromatic carbocycles. The Balaban J connectivity index is 2.05. The summed E-state index contributed by atoms with van der Waals surface area (Å²) in [6.07, 6.45) is -4.42. The summed E-state index contributed by atoms with van der Waals surface area (Å²) in [5.74, 6) is -1.62. The van der Waals surface area contributed by atoms with Gasteiger partial charge in [0, 0.05) is 11.8 Å². The summed E-state index contributed by atoms with van der Waals surface area (Å²) in [6, 6.07) is 6.43. The number of halogens is 3. The molecule has 0 aliphatic carbocycles. The normalized spacial score (nSPS) is 22.1. The number of ether oxygens (including phenoxy) is 1. The predicted octanol–water partition coefficient (Wildman–Crippen LogP) is 3.44. The maximum atomic E-state index is 12.9. The number of rotatable bonds is 2. The van der Waals surface area contributed by atoms with E-state index in [1.54, 1.807) is 25.1 Å².